The monoisotopic (exact) mass is 287 g/mol. The zero-order valence-corrected chi connectivity index (χ0v) is 11.1. The summed E-state index contributed by atoms with van der Waals surface area (Å²) >= 11 is 13.0. The summed E-state index contributed by atoms with van der Waals surface area (Å²) in [4.78, 5) is 16.1. The van der Waals surface area contributed by atoms with Gasteiger partial charge in [-0.15, -0.1) is 11.3 Å². The van der Waals surface area contributed by atoms with E-state index in [1.54, 1.807) is 23.7 Å². The van der Waals surface area contributed by atoms with Gasteiger partial charge in [0.1, 0.15) is 4.88 Å². The Kier molecular flexibility index (Phi) is 3.66. The van der Waals surface area contributed by atoms with E-state index in [1.807, 2.05) is 0 Å². The number of benzene rings is 1. The van der Waals surface area contributed by atoms with Crippen LogP contribution in [0.25, 0.3) is 11.3 Å². The Labute approximate surface area is 112 Å². The topological polar surface area (TPSA) is 39.2 Å². The molecule has 0 aliphatic carbocycles. The van der Waals surface area contributed by atoms with Crippen LogP contribution in [0.4, 0.5) is 0 Å². The van der Waals surface area contributed by atoms with Crippen molar-refractivity contribution in [3.8, 4) is 11.3 Å². The predicted molar refractivity (Wildman–Crippen MR) is 68.9 cm³/mol. The lowest BCUT2D eigenvalue weighted by atomic mass is 10.1. The van der Waals surface area contributed by atoms with Gasteiger partial charge in [0.05, 0.1) is 28.4 Å². The minimum absolute atomic E-state index is 0.409. The highest BCUT2D eigenvalue weighted by atomic mass is 35.5. The average Bonchev–Trinajstić information content (AvgIpc) is 2.80. The third kappa shape index (κ3) is 2.44. The number of hydrogen-bond acceptors (Lipinski definition) is 4. The molecule has 0 spiro atoms. The summed E-state index contributed by atoms with van der Waals surface area (Å²) in [6, 6.07) is 5.10. The number of ether oxygens (including phenoxy) is 1. The summed E-state index contributed by atoms with van der Waals surface area (Å²) in [5, 5.41) is 0.887. The number of esters is 1. The SMILES string of the molecule is COC(=O)c1scnc1-c1ccc(Cl)c(Cl)c1. The molecule has 0 fully saturated rings. The number of thiazole rings is 1. The van der Waals surface area contributed by atoms with Gasteiger partial charge >= 0.3 is 5.97 Å². The van der Waals surface area contributed by atoms with Gasteiger partial charge in [-0.25, -0.2) is 9.78 Å². The van der Waals surface area contributed by atoms with Gasteiger partial charge in [-0.1, -0.05) is 29.3 Å². The van der Waals surface area contributed by atoms with Crippen molar-refractivity contribution in [1.82, 2.24) is 4.98 Å². The van der Waals surface area contributed by atoms with Gasteiger partial charge in [-0.2, -0.15) is 0 Å². The fraction of sp³-hybridized carbons (Fsp3) is 0.0909. The number of carbonyl (C=O) groups excluding carboxylic acids is 1. The summed E-state index contributed by atoms with van der Waals surface area (Å²) in [6.07, 6.45) is 0. The van der Waals surface area contributed by atoms with E-state index in [2.05, 4.69) is 9.72 Å². The van der Waals surface area contributed by atoms with Crippen LogP contribution in [0.5, 0.6) is 0 Å². The van der Waals surface area contributed by atoms with Gasteiger partial charge in [-0.05, 0) is 12.1 Å². The molecule has 1 aromatic carbocycles. The number of aromatic nitrogens is 1. The van der Waals surface area contributed by atoms with Crippen LogP contribution in [0, 0.1) is 0 Å². The predicted octanol–water partition coefficient (Wildman–Crippen LogP) is 3.90. The molecule has 0 saturated carbocycles. The molecule has 0 amide bonds. The molecule has 2 rings (SSSR count). The van der Waals surface area contributed by atoms with Gasteiger partial charge in [0.15, 0.2) is 0 Å². The Morgan fingerprint density at radius 1 is 1.35 bits per heavy atom. The minimum Gasteiger partial charge on any atom is -0.465 e. The smallest absolute Gasteiger partial charge is 0.350 e. The van der Waals surface area contributed by atoms with E-state index in [9.17, 15) is 4.79 Å². The zero-order valence-electron chi connectivity index (χ0n) is 8.74. The molecule has 0 atom stereocenters. The third-order valence-electron chi connectivity index (χ3n) is 2.13. The number of methoxy groups -OCH3 is 1. The van der Waals surface area contributed by atoms with E-state index in [-0.39, 0.29) is 0 Å². The maximum atomic E-state index is 11.5. The average molecular weight is 288 g/mol. The van der Waals surface area contributed by atoms with E-state index in [0.29, 0.717) is 20.6 Å². The van der Waals surface area contributed by atoms with Crippen molar-refractivity contribution in [3.63, 3.8) is 0 Å². The van der Waals surface area contributed by atoms with E-state index >= 15 is 0 Å². The summed E-state index contributed by atoms with van der Waals surface area (Å²) < 4.78 is 4.68. The molecule has 0 aliphatic rings. The normalized spacial score (nSPS) is 10.3. The molecular formula is C11H7Cl2NO2S. The van der Waals surface area contributed by atoms with Crippen LogP contribution < -0.4 is 0 Å². The fourth-order valence-corrected chi connectivity index (χ4v) is 2.36. The van der Waals surface area contributed by atoms with Crippen LogP contribution >= 0.6 is 34.5 Å². The molecule has 6 heteroatoms. The van der Waals surface area contributed by atoms with Gasteiger partial charge in [0, 0.05) is 5.56 Å². The van der Waals surface area contributed by atoms with Crippen molar-refractivity contribution < 1.29 is 9.53 Å². The summed E-state index contributed by atoms with van der Waals surface area (Å²) in [5.74, 6) is -0.409. The first-order valence-electron chi connectivity index (χ1n) is 4.60. The van der Waals surface area contributed by atoms with Gasteiger partial charge in [0.2, 0.25) is 0 Å². The van der Waals surface area contributed by atoms with Crippen molar-refractivity contribution in [2.75, 3.05) is 7.11 Å². The Balaban J connectivity index is 2.50. The number of hydrogen-bond donors (Lipinski definition) is 0. The molecule has 0 bridgehead atoms. The summed E-state index contributed by atoms with van der Waals surface area (Å²) in [6.45, 7) is 0. The molecule has 2 aromatic rings. The highest BCUT2D eigenvalue weighted by Crippen LogP contribution is 2.31. The Morgan fingerprint density at radius 3 is 2.76 bits per heavy atom. The number of halogens is 2. The number of rotatable bonds is 2. The summed E-state index contributed by atoms with van der Waals surface area (Å²) in [5.41, 5.74) is 2.88. The highest BCUT2D eigenvalue weighted by Gasteiger charge is 2.17. The first-order valence-corrected chi connectivity index (χ1v) is 6.24. The second-order valence-corrected chi connectivity index (χ2v) is 4.82. The Morgan fingerprint density at radius 2 is 2.12 bits per heavy atom. The molecule has 3 nitrogen and oxygen atoms in total. The number of carbonyl (C=O) groups is 1. The second-order valence-electron chi connectivity index (χ2n) is 3.15. The van der Waals surface area contributed by atoms with Crippen molar-refractivity contribution in [1.29, 1.82) is 0 Å². The lowest BCUT2D eigenvalue weighted by molar-refractivity contribution is 0.0607. The summed E-state index contributed by atoms with van der Waals surface area (Å²) in [7, 11) is 1.33. The van der Waals surface area contributed by atoms with E-state index in [0.717, 1.165) is 5.56 Å². The van der Waals surface area contributed by atoms with Crippen molar-refractivity contribution in [2.24, 2.45) is 0 Å². The van der Waals surface area contributed by atoms with Crippen LogP contribution in [0.2, 0.25) is 10.0 Å². The van der Waals surface area contributed by atoms with Gasteiger partial charge < -0.3 is 4.74 Å². The minimum atomic E-state index is -0.409. The third-order valence-corrected chi connectivity index (χ3v) is 3.68. The quantitative estimate of drug-likeness (QED) is 0.787. The standard InChI is InChI=1S/C11H7Cl2NO2S/c1-16-11(15)10-9(14-5-17-10)6-2-3-7(12)8(13)4-6/h2-5H,1H3. The first kappa shape index (κ1) is 12.4. The molecule has 17 heavy (non-hydrogen) atoms. The number of nitrogens with zero attached hydrogens (tertiary/aromatic N) is 1. The molecule has 0 radical (unpaired) electrons. The van der Waals surface area contributed by atoms with Gasteiger partial charge in [-0.3, -0.25) is 0 Å². The maximum absolute atomic E-state index is 11.5. The molecular weight excluding hydrogens is 281 g/mol. The van der Waals surface area contributed by atoms with E-state index in [1.165, 1.54) is 18.4 Å². The van der Waals surface area contributed by atoms with Crippen molar-refractivity contribution >= 4 is 40.5 Å². The lowest BCUT2D eigenvalue weighted by Gasteiger charge is -2.02. The van der Waals surface area contributed by atoms with Gasteiger partial charge in [0.25, 0.3) is 0 Å². The molecule has 0 aliphatic heterocycles. The van der Waals surface area contributed by atoms with Crippen molar-refractivity contribution in [3.05, 3.63) is 38.6 Å². The highest BCUT2D eigenvalue weighted by molar-refractivity contribution is 7.12. The van der Waals surface area contributed by atoms with Crippen LogP contribution in [0.15, 0.2) is 23.7 Å². The molecule has 0 saturated heterocycles. The molecule has 88 valence electrons. The molecule has 0 N–H and O–H groups in total. The van der Waals surface area contributed by atoms with Crippen molar-refractivity contribution in [2.45, 2.75) is 0 Å². The fourth-order valence-electron chi connectivity index (χ4n) is 1.33. The van der Waals surface area contributed by atoms with E-state index < -0.39 is 5.97 Å². The molecule has 1 heterocycles. The van der Waals surface area contributed by atoms with Crippen LogP contribution in [-0.4, -0.2) is 18.1 Å². The van der Waals surface area contributed by atoms with E-state index in [4.69, 9.17) is 23.2 Å². The molecule has 0 unspecified atom stereocenters. The Bertz CT molecular complexity index is 568. The van der Waals surface area contributed by atoms with Crippen LogP contribution in [0.1, 0.15) is 9.67 Å². The van der Waals surface area contributed by atoms with Crippen LogP contribution in [-0.2, 0) is 4.74 Å². The lowest BCUT2D eigenvalue weighted by Crippen LogP contribution is -2.00. The maximum Gasteiger partial charge on any atom is 0.350 e. The molecule has 1 aromatic heterocycles. The zero-order chi connectivity index (χ0) is 12.4. The van der Waals surface area contributed by atoms with Crippen LogP contribution in [0.3, 0.4) is 0 Å². The Hall–Kier alpha value is -1.10. The second kappa shape index (κ2) is 5.04. The largest absolute Gasteiger partial charge is 0.465 e. The first-order chi connectivity index (χ1) is 8.13.